The molecule has 1 aromatic carbocycles. The predicted molar refractivity (Wildman–Crippen MR) is 83.5 cm³/mol. The molecule has 6 nitrogen and oxygen atoms in total. The van der Waals surface area contributed by atoms with E-state index in [0.717, 1.165) is 0 Å². The van der Waals surface area contributed by atoms with Crippen LogP contribution in [0, 0.1) is 5.82 Å². The summed E-state index contributed by atoms with van der Waals surface area (Å²) >= 11 is 0. The summed E-state index contributed by atoms with van der Waals surface area (Å²) in [6.07, 6.45) is 1.74. The van der Waals surface area contributed by atoms with Crippen LogP contribution in [0.15, 0.2) is 48.7 Å². The standard InChI is InChI=1S/C16H15FN4O2/c17-11-4-3-5-13(8-11)21-10-12(9-15(21)22)19-16(23)20-14-6-1-2-7-18-14/h1-8,12H,9-10H2,(H2,18,19,20,23). The van der Waals surface area contributed by atoms with Crippen LogP contribution in [0.2, 0.25) is 0 Å². The van der Waals surface area contributed by atoms with Gasteiger partial charge in [0.2, 0.25) is 5.91 Å². The molecule has 1 aliphatic rings. The van der Waals surface area contributed by atoms with Crippen LogP contribution in [0.3, 0.4) is 0 Å². The Labute approximate surface area is 132 Å². The van der Waals surface area contributed by atoms with Crippen LogP contribution in [0.5, 0.6) is 0 Å². The largest absolute Gasteiger partial charge is 0.333 e. The van der Waals surface area contributed by atoms with E-state index in [1.165, 1.54) is 17.0 Å². The molecule has 2 heterocycles. The Morgan fingerprint density at radius 3 is 2.87 bits per heavy atom. The quantitative estimate of drug-likeness (QED) is 0.911. The zero-order valence-electron chi connectivity index (χ0n) is 12.2. The number of aromatic nitrogens is 1. The van der Waals surface area contributed by atoms with Crippen LogP contribution >= 0.6 is 0 Å². The summed E-state index contributed by atoms with van der Waals surface area (Å²) in [5, 5.41) is 5.32. The number of hydrogen-bond donors (Lipinski definition) is 2. The van der Waals surface area contributed by atoms with E-state index in [0.29, 0.717) is 18.1 Å². The molecule has 1 aliphatic heterocycles. The monoisotopic (exact) mass is 314 g/mol. The van der Waals surface area contributed by atoms with Gasteiger partial charge in [0.25, 0.3) is 0 Å². The van der Waals surface area contributed by atoms with E-state index in [9.17, 15) is 14.0 Å². The molecule has 1 fully saturated rings. The number of rotatable bonds is 3. The fourth-order valence-electron chi connectivity index (χ4n) is 2.47. The van der Waals surface area contributed by atoms with Gasteiger partial charge in [0.1, 0.15) is 11.6 Å². The first-order valence-corrected chi connectivity index (χ1v) is 7.16. The number of urea groups is 1. The summed E-state index contributed by atoms with van der Waals surface area (Å²) in [6, 6.07) is 10.2. The van der Waals surface area contributed by atoms with Crippen LogP contribution in [-0.2, 0) is 4.79 Å². The van der Waals surface area contributed by atoms with Crippen LogP contribution in [0.1, 0.15) is 6.42 Å². The van der Waals surface area contributed by atoms with E-state index in [1.54, 1.807) is 36.5 Å². The van der Waals surface area contributed by atoms with Gasteiger partial charge in [-0.1, -0.05) is 12.1 Å². The van der Waals surface area contributed by atoms with Crippen molar-refractivity contribution in [3.63, 3.8) is 0 Å². The molecule has 0 saturated carbocycles. The SMILES string of the molecule is O=C(Nc1ccccn1)NC1CC(=O)N(c2cccc(F)c2)C1. The van der Waals surface area contributed by atoms with E-state index >= 15 is 0 Å². The first-order valence-electron chi connectivity index (χ1n) is 7.16. The molecule has 23 heavy (non-hydrogen) atoms. The fourth-order valence-corrected chi connectivity index (χ4v) is 2.47. The average Bonchev–Trinajstić information content (AvgIpc) is 2.88. The summed E-state index contributed by atoms with van der Waals surface area (Å²) in [6.45, 7) is 0.303. The van der Waals surface area contributed by atoms with Gasteiger partial charge in [0.15, 0.2) is 0 Å². The van der Waals surface area contributed by atoms with Crippen molar-refractivity contribution >= 4 is 23.4 Å². The number of carbonyl (C=O) groups is 2. The highest BCUT2D eigenvalue weighted by molar-refractivity contribution is 5.97. The van der Waals surface area contributed by atoms with Crippen LogP contribution in [0.4, 0.5) is 20.7 Å². The first kappa shape index (κ1) is 15.0. The minimum absolute atomic E-state index is 0.154. The van der Waals surface area contributed by atoms with Crippen molar-refractivity contribution in [2.24, 2.45) is 0 Å². The molecule has 3 amide bonds. The molecule has 118 valence electrons. The average molecular weight is 314 g/mol. The van der Waals surface area contributed by atoms with Crippen molar-refractivity contribution in [3.8, 4) is 0 Å². The van der Waals surface area contributed by atoms with Crippen molar-refractivity contribution < 1.29 is 14.0 Å². The van der Waals surface area contributed by atoms with Gasteiger partial charge in [-0.3, -0.25) is 10.1 Å². The fraction of sp³-hybridized carbons (Fsp3) is 0.188. The van der Waals surface area contributed by atoms with Crippen LogP contribution < -0.4 is 15.5 Å². The lowest BCUT2D eigenvalue weighted by atomic mass is 10.2. The maximum Gasteiger partial charge on any atom is 0.320 e. The van der Waals surface area contributed by atoms with Crippen molar-refractivity contribution in [1.82, 2.24) is 10.3 Å². The van der Waals surface area contributed by atoms with Crippen molar-refractivity contribution in [2.45, 2.75) is 12.5 Å². The highest BCUT2D eigenvalue weighted by atomic mass is 19.1. The van der Waals surface area contributed by atoms with Gasteiger partial charge in [-0.2, -0.15) is 0 Å². The topological polar surface area (TPSA) is 74.3 Å². The van der Waals surface area contributed by atoms with E-state index in [-0.39, 0.29) is 18.4 Å². The first-order chi connectivity index (χ1) is 11.1. The number of amides is 3. The molecule has 1 saturated heterocycles. The third kappa shape index (κ3) is 3.63. The van der Waals surface area contributed by atoms with Gasteiger partial charge in [-0.05, 0) is 30.3 Å². The lowest BCUT2D eigenvalue weighted by Gasteiger charge is -2.17. The second kappa shape index (κ2) is 6.43. The Kier molecular flexibility index (Phi) is 4.18. The number of benzene rings is 1. The summed E-state index contributed by atoms with van der Waals surface area (Å²) in [4.78, 5) is 29.4. The smallest absolute Gasteiger partial charge is 0.320 e. The zero-order chi connectivity index (χ0) is 16.2. The van der Waals surface area contributed by atoms with Gasteiger partial charge in [0.05, 0.1) is 6.04 Å². The van der Waals surface area contributed by atoms with E-state index in [1.807, 2.05) is 0 Å². The van der Waals surface area contributed by atoms with Crippen molar-refractivity contribution in [1.29, 1.82) is 0 Å². The lowest BCUT2D eigenvalue weighted by molar-refractivity contribution is -0.117. The second-order valence-electron chi connectivity index (χ2n) is 5.20. The molecule has 3 rings (SSSR count). The molecule has 0 bridgehead atoms. The van der Waals surface area contributed by atoms with Crippen molar-refractivity contribution in [2.75, 3.05) is 16.8 Å². The van der Waals surface area contributed by atoms with Crippen LogP contribution in [0.25, 0.3) is 0 Å². The van der Waals surface area contributed by atoms with E-state index < -0.39 is 11.8 Å². The summed E-state index contributed by atoms with van der Waals surface area (Å²) in [5.74, 6) is -0.130. The highest BCUT2D eigenvalue weighted by Crippen LogP contribution is 2.22. The third-order valence-electron chi connectivity index (χ3n) is 3.49. The molecule has 2 aromatic rings. The van der Waals surface area contributed by atoms with Gasteiger partial charge in [0, 0.05) is 24.8 Å². The van der Waals surface area contributed by atoms with Crippen molar-refractivity contribution in [3.05, 3.63) is 54.5 Å². The molecule has 2 N–H and O–H groups in total. The molecule has 0 spiro atoms. The Bertz CT molecular complexity index is 723. The summed E-state index contributed by atoms with van der Waals surface area (Å²) < 4.78 is 13.3. The predicted octanol–water partition coefficient (Wildman–Crippen LogP) is 2.15. The summed E-state index contributed by atoms with van der Waals surface area (Å²) in [5.41, 5.74) is 0.490. The minimum Gasteiger partial charge on any atom is -0.333 e. The molecule has 1 aromatic heterocycles. The van der Waals surface area contributed by atoms with Gasteiger partial charge in [-0.25, -0.2) is 14.2 Å². The highest BCUT2D eigenvalue weighted by Gasteiger charge is 2.31. The number of anilines is 2. The van der Waals surface area contributed by atoms with Gasteiger partial charge >= 0.3 is 6.03 Å². The molecule has 7 heteroatoms. The maximum atomic E-state index is 13.3. The molecular formula is C16H15FN4O2. The number of hydrogen-bond acceptors (Lipinski definition) is 3. The Morgan fingerprint density at radius 2 is 2.13 bits per heavy atom. The number of carbonyl (C=O) groups excluding carboxylic acids is 2. The third-order valence-corrected chi connectivity index (χ3v) is 3.49. The molecule has 0 aliphatic carbocycles. The lowest BCUT2D eigenvalue weighted by Crippen LogP contribution is -2.39. The Balaban J connectivity index is 1.60. The molecular weight excluding hydrogens is 299 g/mol. The summed E-state index contributed by atoms with van der Waals surface area (Å²) in [7, 11) is 0. The minimum atomic E-state index is -0.428. The zero-order valence-corrected chi connectivity index (χ0v) is 12.2. The normalized spacial score (nSPS) is 17.2. The molecule has 1 unspecified atom stereocenters. The molecule has 1 atom stereocenters. The number of nitrogens with zero attached hydrogens (tertiary/aromatic N) is 2. The number of pyridine rings is 1. The Morgan fingerprint density at radius 1 is 1.26 bits per heavy atom. The van der Waals surface area contributed by atoms with Crippen LogP contribution in [-0.4, -0.2) is 29.5 Å². The number of nitrogens with one attached hydrogen (secondary N) is 2. The van der Waals surface area contributed by atoms with Gasteiger partial charge in [-0.15, -0.1) is 0 Å². The number of halogens is 1. The van der Waals surface area contributed by atoms with E-state index in [2.05, 4.69) is 15.6 Å². The maximum absolute atomic E-state index is 13.3. The molecule has 0 radical (unpaired) electrons. The van der Waals surface area contributed by atoms with Gasteiger partial charge < -0.3 is 10.2 Å². The Hall–Kier alpha value is -2.96. The second-order valence-corrected chi connectivity index (χ2v) is 5.20. The van der Waals surface area contributed by atoms with E-state index in [4.69, 9.17) is 0 Å².